The monoisotopic (exact) mass is 356 g/mol. The summed E-state index contributed by atoms with van der Waals surface area (Å²) >= 11 is 0. The average molecular weight is 355 g/mol. The summed E-state index contributed by atoms with van der Waals surface area (Å²) in [4.78, 5) is 0. The zero-order chi connectivity index (χ0) is 10.2. The molecule has 0 saturated heterocycles. The first kappa shape index (κ1) is 23.0. The predicted octanol–water partition coefficient (Wildman–Crippen LogP) is 1.67. The summed E-state index contributed by atoms with van der Waals surface area (Å²) in [6.07, 6.45) is 0. The van der Waals surface area contributed by atoms with Gasteiger partial charge in [-0.05, 0) is 14.1 Å². The summed E-state index contributed by atoms with van der Waals surface area (Å²) in [6.45, 7) is 5.00. The molecular weight excluding hydrogens is 334 g/mol. The van der Waals surface area contributed by atoms with E-state index in [2.05, 4.69) is 18.4 Å². The van der Waals surface area contributed by atoms with Crippen molar-refractivity contribution in [3.63, 3.8) is 0 Å². The van der Waals surface area contributed by atoms with Crippen LogP contribution in [0.5, 0.6) is 0 Å². The summed E-state index contributed by atoms with van der Waals surface area (Å²) in [5.41, 5.74) is 9.00. The minimum Gasteiger partial charge on any atom is -0.346 e. The van der Waals surface area contributed by atoms with Gasteiger partial charge in [-0.3, -0.25) is 0 Å². The number of hydrogen-bond acceptors (Lipinski definition) is 2. The largest absolute Gasteiger partial charge is 0.346 e. The Kier molecular flexibility index (Phi) is 72.4. The summed E-state index contributed by atoms with van der Waals surface area (Å²) in [5, 5.41) is 0. The summed E-state index contributed by atoms with van der Waals surface area (Å²) < 4.78 is 0. The second kappa shape index (κ2) is 40.9. The van der Waals surface area contributed by atoms with Crippen molar-refractivity contribution >= 4 is 0 Å². The Morgan fingerprint density at radius 3 is 0.769 bits per heavy atom. The molecule has 0 aliphatic heterocycles. The van der Waals surface area contributed by atoms with Crippen molar-refractivity contribution < 1.29 is 20.4 Å². The van der Waals surface area contributed by atoms with Crippen LogP contribution in [-0.2, 0) is 20.4 Å². The third-order valence-corrected chi connectivity index (χ3v) is 0.667. The van der Waals surface area contributed by atoms with Crippen LogP contribution in [0, 0.1) is 6.92 Å². The van der Waals surface area contributed by atoms with Crippen LogP contribution in [0.15, 0.2) is 36.4 Å². The maximum Gasteiger partial charge on any atom is 0 e. The van der Waals surface area contributed by atoms with Crippen LogP contribution in [0.25, 0.3) is 0 Å². The van der Waals surface area contributed by atoms with Crippen LogP contribution in [-0.4, -0.2) is 14.1 Å². The van der Waals surface area contributed by atoms with E-state index < -0.39 is 0 Å². The maximum absolute atomic E-state index is 4.50. The fraction of sp³-hybridized carbons (Fsp3) is 0.300. The van der Waals surface area contributed by atoms with E-state index in [1.54, 1.807) is 6.92 Å². The van der Waals surface area contributed by atoms with Crippen LogP contribution in [0.1, 0.15) is 6.92 Å². The van der Waals surface area contributed by atoms with E-state index in [0.717, 1.165) is 0 Å². The molecule has 0 atom stereocenters. The van der Waals surface area contributed by atoms with Crippen molar-refractivity contribution in [2.24, 2.45) is 11.5 Å². The Bertz CT molecular complexity index is 84.8. The van der Waals surface area contributed by atoms with Crippen LogP contribution in [0.2, 0.25) is 0 Å². The Balaban J connectivity index is -0.0000000508. The van der Waals surface area contributed by atoms with Crippen LogP contribution in [0.3, 0.4) is 0 Å². The fourth-order valence-corrected chi connectivity index (χ4v) is 0.385. The molecule has 1 aromatic carbocycles. The molecule has 0 aliphatic rings. The van der Waals surface area contributed by atoms with E-state index in [1.165, 1.54) is 14.1 Å². The van der Waals surface area contributed by atoms with E-state index in [0.29, 0.717) is 0 Å². The molecule has 0 saturated carbocycles. The predicted molar refractivity (Wildman–Crippen MR) is 57.7 cm³/mol. The fourth-order valence-electron chi connectivity index (χ4n) is 0.385. The molecule has 0 unspecified atom stereocenters. The van der Waals surface area contributed by atoms with Gasteiger partial charge in [0.05, 0.1) is 0 Å². The van der Waals surface area contributed by atoms with E-state index >= 15 is 0 Å². The standard InChI is InChI=1S/C6H6.C2H5.2CH5N.Re/c1-2-4-6-5-3-1;3*1-2;/h1-6H;1H2,2H3;2*2H2,1H3;/q;-1;;;. The minimum absolute atomic E-state index is 0. The summed E-state index contributed by atoms with van der Waals surface area (Å²) in [5.74, 6) is 0. The number of rotatable bonds is 0. The number of hydrogen-bond donors (Lipinski definition) is 2. The smallest absolute Gasteiger partial charge is 0 e. The molecule has 0 fully saturated rings. The van der Waals surface area contributed by atoms with Crippen molar-refractivity contribution in [2.45, 2.75) is 6.92 Å². The Morgan fingerprint density at radius 2 is 0.692 bits per heavy atom. The van der Waals surface area contributed by atoms with Gasteiger partial charge in [-0.25, -0.2) is 0 Å². The molecule has 4 N–H and O–H groups in total. The average Bonchev–Trinajstić information content (AvgIpc) is 2.29. The molecule has 0 heterocycles. The SMILES string of the molecule is CN.CN.[CH2-]C.[Re].c1ccccc1. The van der Waals surface area contributed by atoms with Gasteiger partial charge < -0.3 is 18.4 Å². The van der Waals surface area contributed by atoms with Crippen LogP contribution in [0.4, 0.5) is 0 Å². The molecule has 0 bridgehead atoms. The quantitative estimate of drug-likeness (QED) is 0.696. The van der Waals surface area contributed by atoms with Crippen molar-refractivity contribution in [2.75, 3.05) is 14.1 Å². The molecule has 13 heavy (non-hydrogen) atoms. The second-order valence-electron chi connectivity index (χ2n) is 1.15. The molecule has 0 aliphatic carbocycles. The zero-order valence-corrected chi connectivity index (χ0v) is 11.4. The molecule has 1 rings (SSSR count). The summed E-state index contributed by atoms with van der Waals surface area (Å²) in [7, 11) is 3.00. The number of benzene rings is 1. The minimum atomic E-state index is 0. The van der Waals surface area contributed by atoms with E-state index in [1.807, 2.05) is 36.4 Å². The first-order valence-electron chi connectivity index (χ1n) is 3.86. The first-order valence-corrected chi connectivity index (χ1v) is 3.86. The number of nitrogens with two attached hydrogens (primary N) is 2. The van der Waals surface area contributed by atoms with Crippen molar-refractivity contribution in [3.05, 3.63) is 43.3 Å². The third kappa shape index (κ3) is 33.7. The van der Waals surface area contributed by atoms with Crippen molar-refractivity contribution in [1.29, 1.82) is 0 Å². The van der Waals surface area contributed by atoms with Crippen LogP contribution < -0.4 is 11.5 Å². The topological polar surface area (TPSA) is 52.0 Å². The first-order chi connectivity index (χ1) is 6.00. The maximum atomic E-state index is 4.50. The summed E-state index contributed by atoms with van der Waals surface area (Å²) in [6, 6.07) is 12.0. The van der Waals surface area contributed by atoms with Gasteiger partial charge in [0.15, 0.2) is 0 Å². The van der Waals surface area contributed by atoms with Gasteiger partial charge in [-0.2, -0.15) is 6.92 Å². The molecule has 1 aromatic rings. The molecule has 0 amide bonds. The Hall–Kier alpha value is -0.198. The molecular formula is C10H21N2Re-. The second-order valence-corrected chi connectivity index (χ2v) is 1.15. The van der Waals surface area contributed by atoms with Crippen molar-refractivity contribution in [3.8, 4) is 0 Å². The van der Waals surface area contributed by atoms with Gasteiger partial charge in [-0.1, -0.05) is 36.4 Å². The van der Waals surface area contributed by atoms with Gasteiger partial charge >= 0.3 is 0 Å². The van der Waals surface area contributed by atoms with Gasteiger partial charge in [0, 0.05) is 20.4 Å². The molecule has 0 aromatic heterocycles. The van der Waals surface area contributed by atoms with Gasteiger partial charge in [0.25, 0.3) is 0 Å². The van der Waals surface area contributed by atoms with E-state index in [9.17, 15) is 0 Å². The molecule has 79 valence electrons. The zero-order valence-electron chi connectivity index (χ0n) is 8.70. The Morgan fingerprint density at radius 1 is 0.615 bits per heavy atom. The molecule has 3 heteroatoms. The molecule has 1 radical (unpaired) electrons. The van der Waals surface area contributed by atoms with Crippen LogP contribution >= 0.6 is 0 Å². The van der Waals surface area contributed by atoms with Gasteiger partial charge in [0.1, 0.15) is 0 Å². The normalized spacial score (nSPS) is 5.08. The van der Waals surface area contributed by atoms with E-state index in [-0.39, 0.29) is 20.4 Å². The molecule has 2 nitrogen and oxygen atoms in total. The third-order valence-electron chi connectivity index (χ3n) is 0.667. The van der Waals surface area contributed by atoms with E-state index in [4.69, 9.17) is 0 Å². The van der Waals surface area contributed by atoms with Gasteiger partial charge in [-0.15, -0.1) is 0 Å². The molecule has 0 spiro atoms. The Labute approximate surface area is 96.4 Å². The van der Waals surface area contributed by atoms with Crippen molar-refractivity contribution in [1.82, 2.24) is 0 Å². The van der Waals surface area contributed by atoms with Gasteiger partial charge in [0.2, 0.25) is 0 Å².